The Bertz CT molecular complexity index is 1370. The molecule has 3 aromatic carbocycles. The predicted octanol–water partition coefficient (Wildman–Crippen LogP) is 3.91. The van der Waals surface area contributed by atoms with Crippen LogP contribution in [0.2, 0.25) is 0 Å². The minimum Gasteiger partial charge on any atom is -0.493 e. The maximum Gasteiger partial charge on any atom is 0.279 e. The van der Waals surface area contributed by atoms with E-state index in [2.05, 4.69) is 5.10 Å². The summed E-state index contributed by atoms with van der Waals surface area (Å²) in [6.45, 7) is 0. The molecule has 0 aliphatic rings. The van der Waals surface area contributed by atoms with Gasteiger partial charge in [-0.2, -0.15) is 9.78 Å². The molecule has 0 saturated carbocycles. The Morgan fingerprint density at radius 1 is 0.909 bits per heavy atom. The highest BCUT2D eigenvalue weighted by Gasteiger charge is 2.17. The molecule has 0 unspecified atom stereocenters. The predicted molar refractivity (Wildman–Crippen MR) is 123 cm³/mol. The lowest BCUT2D eigenvalue weighted by Crippen LogP contribution is -2.23. The molecule has 0 saturated heterocycles. The van der Waals surface area contributed by atoms with E-state index in [-0.39, 0.29) is 11.2 Å². The minimum absolute atomic E-state index is 0.0646. The van der Waals surface area contributed by atoms with Crippen LogP contribution in [0.3, 0.4) is 0 Å². The van der Waals surface area contributed by atoms with Crippen LogP contribution >= 0.6 is 0 Å². The molecular weight excluding hydrogens is 426 g/mol. The van der Waals surface area contributed by atoms with Crippen LogP contribution < -0.4 is 19.8 Å². The first-order chi connectivity index (χ1) is 16.0. The number of fused-ring (bicyclic) bond motifs is 1. The molecule has 0 fully saturated rings. The van der Waals surface area contributed by atoms with Crippen LogP contribution in [0.5, 0.6) is 17.2 Å². The van der Waals surface area contributed by atoms with Crippen molar-refractivity contribution in [1.82, 2.24) is 9.78 Å². The van der Waals surface area contributed by atoms with Crippen LogP contribution in [0.15, 0.2) is 65.5 Å². The summed E-state index contributed by atoms with van der Waals surface area (Å²) in [6.07, 6.45) is 0.379. The topological polar surface area (TPSA) is 106 Å². The fourth-order valence-electron chi connectivity index (χ4n) is 3.71. The fourth-order valence-corrected chi connectivity index (χ4v) is 3.71. The number of nitrogens with zero attached hydrogens (tertiary/aromatic N) is 3. The summed E-state index contributed by atoms with van der Waals surface area (Å²) >= 11 is 0. The monoisotopic (exact) mass is 447 g/mol. The molecule has 1 heterocycles. The Kier molecular flexibility index (Phi) is 5.95. The molecule has 0 spiro atoms. The zero-order valence-corrected chi connectivity index (χ0v) is 18.3. The van der Waals surface area contributed by atoms with Crippen LogP contribution in [0.4, 0.5) is 5.69 Å². The Morgan fingerprint density at radius 2 is 1.52 bits per heavy atom. The molecule has 4 aromatic rings. The molecule has 0 N–H and O–H groups in total. The first-order valence-corrected chi connectivity index (χ1v) is 10.0. The highest BCUT2D eigenvalue weighted by atomic mass is 16.6. The lowest BCUT2D eigenvalue weighted by molar-refractivity contribution is -0.384. The largest absolute Gasteiger partial charge is 0.493 e. The molecule has 0 aliphatic heterocycles. The van der Waals surface area contributed by atoms with Crippen molar-refractivity contribution in [2.75, 3.05) is 21.3 Å². The molecule has 4 rings (SSSR count). The van der Waals surface area contributed by atoms with Gasteiger partial charge in [0.2, 0.25) is 5.75 Å². The van der Waals surface area contributed by atoms with Crippen molar-refractivity contribution in [2.45, 2.75) is 6.42 Å². The summed E-state index contributed by atoms with van der Waals surface area (Å²) in [6, 6.07) is 16.6. The van der Waals surface area contributed by atoms with E-state index in [1.165, 1.54) is 36.1 Å². The number of ether oxygens (including phenoxy) is 3. The molecule has 0 aliphatic carbocycles. The Morgan fingerprint density at radius 3 is 2.06 bits per heavy atom. The second kappa shape index (κ2) is 8.99. The normalized spacial score (nSPS) is 10.8. The molecule has 0 radical (unpaired) electrons. The number of nitro groups is 1. The number of hydrogen-bond acceptors (Lipinski definition) is 7. The van der Waals surface area contributed by atoms with Gasteiger partial charge >= 0.3 is 0 Å². The molecule has 33 heavy (non-hydrogen) atoms. The van der Waals surface area contributed by atoms with Crippen LogP contribution in [0, 0.1) is 10.1 Å². The van der Waals surface area contributed by atoms with Crippen LogP contribution in [0.25, 0.3) is 16.5 Å². The Hall–Kier alpha value is -4.40. The van der Waals surface area contributed by atoms with Gasteiger partial charge < -0.3 is 14.2 Å². The summed E-state index contributed by atoms with van der Waals surface area (Å²) in [7, 11) is 4.63. The summed E-state index contributed by atoms with van der Waals surface area (Å²) < 4.78 is 17.6. The van der Waals surface area contributed by atoms with E-state index in [1.54, 1.807) is 26.4 Å². The van der Waals surface area contributed by atoms with Gasteiger partial charge in [-0.3, -0.25) is 14.9 Å². The lowest BCUT2D eigenvalue weighted by atomic mass is 10.0. The quantitative estimate of drug-likeness (QED) is 0.312. The summed E-state index contributed by atoms with van der Waals surface area (Å²) in [4.78, 5) is 23.6. The number of benzene rings is 3. The lowest BCUT2D eigenvalue weighted by Gasteiger charge is -2.15. The van der Waals surface area contributed by atoms with Crippen molar-refractivity contribution < 1.29 is 19.1 Å². The van der Waals surface area contributed by atoms with Crippen molar-refractivity contribution >= 4 is 16.5 Å². The zero-order chi connectivity index (χ0) is 23.5. The number of methoxy groups -OCH3 is 3. The third-order valence-electron chi connectivity index (χ3n) is 5.28. The smallest absolute Gasteiger partial charge is 0.279 e. The Labute approximate surface area is 188 Å². The molecular formula is C24H21N3O6. The average Bonchev–Trinajstić information content (AvgIpc) is 2.85. The molecule has 0 amide bonds. The van der Waals surface area contributed by atoms with Crippen molar-refractivity contribution in [2.24, 2.45) is 0 Å². The van der Waals surface area contributed by atoms with E-state index in [0.717, 1.165) is 10.9 Å². The number of rotatable bonds is 7. The van der Waals surface area contributed by atoms with Crippen LogP contribution in [-0.2, 0) is 6.42 Å². The standard InChI is InChI=1S/C24H21N3O6/c1-31-21-13-15(14-22(32-2)23(21)33-3)12-20-18-6-4-5-7-19(18)24(28)26(25-20)16-8-10-17(11-9-16)27(29)30/h4-11,13-14H,12H2,1-3H3. The highest BCUT2D eigenvalue weighted by Crippen LogP contribution is 2.38. The van der Waals surface area contributed by atoms with Crippen molar-refractivity contribution in [1.29, 1.82) is 0 Å². The van der Waals surface area contributed by atoms with Crippen molar-refractivity contribution in [3.05, 3.63) is 92.4 Å². The van der Waals surface area contributed by atoms with Gasteiger partial charge in [0.05, 0.1) is 43.0 Å². The second-order valence-electron chi connectivity index (χ2n) is 7.19. The first-order valence-electron chi connectivity index (χ1n) is 10.0. The van der Waals surface area contributed by atoms with E-state index >= 15 is 0 Å². The van der Waals surface area contributed by atoms with E-state index in [1.807, 2.05) is 24.3 Å². The average molecular weight is 447 g/mol. The van der Waals surface area contributed by atoms with Gasteiger partial charge in [-0.15, -0.1) is 0 Å². The van der Waals surface area contributed by atoms with Gasteiger partial charge in [0, 0.05) is 23.9 Å². The molecule has 1 aromatic heterocycles. The van der Waals surface area contributed by atoms with Gasteiger partial charge in [-0.05, 0) is 35.9 Å². The summed E-state index contributed by atoms with van der Waals surface area (Å²) in [5.74, 6) is 1.51. The number of non-ortho nitro benzene ring substituents is 1. The second-order valence-corrected chi connectivity index (χ2v) is 7.19. The SMILES string of the molecule is COc1cc(Cc2nn(-c3ccc([N+](=O)[O-])cc3)c(=O)c3ccccc23)cc(OC)c1OC. The highest BCUT2D eigenvalue weighted by molar-refractivity contribution is 5.84. The third-order valence-corrected chi connectivity index (χ3v) is 5.28. The molecule has 0 atom stereocenters. The van der Waals surface area contributed by atoms with Gasteiger partial charge in [0.1, 0.15) is 0 Å². The number of aromatic nitrogens is 2. The van der Waals surface area contributed by atoms with Gasteiger partial charge in [0.15, 0.2) is 11.5 Å². The molecule has 0 bridgehead atoms. The molecule has 9 heteroatoms. The van der Waals surface area contributed by atoms with Crippen LogP contribution in [-0.4, -0.2) is 36.0 Å². The molecule has 168 valence electrons. The van der Waals surface area contributed by atoms with E-state index in [0.29, 0.717) is 40.4 Å². The van der Waals surface area contributed by atoms with E-state index in [9.17, 15) is 14.9 Å². The van der Waals surface area contributed by atoms with Crippen molar-refractivity contribution in [3.8, 4) is 22.9 Å². The summed E-state index contributed by atoms with van der Waals surface area (Å²) in [5.41, 5.74) is 1.55. The maximum atomic E-state index is 13.1. The first kappa shape index (κ1) is 21.8. The van der Waals surface area contributed by atoms with Gasteiger partial charge in [-0.25, -0.2) is 0 Å². The van der Waals surface area contributed by atoms with Gasteiger partial charge in [-0.1, -0.05) is 18.2 Å². The number of nitro benzene ring substituents is 1. The third kappa shape index (κ3) is 4.08. The van der Waals surface area contributed by atoms with Crippen LogP contribution in [0.1, 0.15) is 11.3 Å². The van der Waals surface area contributed by atoms with Gasteiger partial charge in [0.25, 0.3) is 11.2 Å². The number of hydrogen-bond donors (Lipinski definition) is 0. The van der Waals surface area contributed by atoms with Crippen molar-refractivity contribution in [3.63, 3.8) is 0 Å². The Balaban J connectivity index is 1.87. The van der Waals surface area contributed by atoms with E-state index in [4.69, 9.17) is 14.2 Å². The summed E-state index contributed by atoms with van der Waals surface area (Å²) in [5, 5.41) is 16.8. The fraction of sp³-hybridized carbons (Fsp3) is 0.167. The molecule has 9 nitrogen and oxygen atoms in total. The van der Waals surface area contributed by atoms with E-state index < -0.39 is 4.92 Å². The maximum absolute atomic E-state index is 13.1. The minimum atomic E-state index is -0.490. The zero-order valence-electron chi connectivity index (χ0n) is 18.3.